The number of aliphatic hydroxyl groups is 1. The van der Waals surface area contributed by atoms with Gasteiger partial charge in [0.15, 0.2) is 11.6 Å². The van der Waals surface area contributed by atoms with Gasteiger partial charge in [-0.05, 0) is 25.0 Å². The molecule has 1 saturated carbocycles. The third kappa shape index (κ3) is 2.08. The first-order valence-corrected chi connectivity index (χ1v) is 5.17. The highest BCUT2D eigenvalue weighted by atomic mass is 35.5. The predicted molar refractivity (Wildman–Crippen MR) is 55.8 cm³/mol. The molecule has 1 aliphatic rings. The molecule has 1 fully saturated rings. The van der Waals surface area contributed by atoms with Gasteiger partial charge in [-0.1, -0.05) is 11.6 Å². The van der Waals surface area contributed by atoms with Crippen LogP contribution < -0.4 is 4.74 Å². The lowest BCUT2D eigenvalue weighted by Gasteiger charge is -2.12. The van der Waals surface area contributed by atoms with Crippen molar-refractivity contribution < 1.29 is 14.2 Å². The van der Waals surface area contributed by atoms with Gasteiger partial charge in [0.2, 0.25) is 0 Å². The molecule has 0 amide bonds. The van der Waals surface area contributed by atoms with E-state index >= 15 is 0 Å². The zero-order valence-electron chi connectivity index (χ0n) is 8.39. The van der Waals surface area contributed by atoms with E-state index in [0.29, 0.717) is 23.4 Å². The molecule has 0 saturated heterocycles. The Morgan fingerprint density at radius 1 is 1.53 bits per heavy atom. The second kappa shape index (κ2) is 3.65. The third-order valence-corrected chi connectivity index (χ3v) is 3.06. The van der Waals surface area contributed by atoms with Crippen LogP contribution in [-0.4, -0.2) is 17.8 Å². The van der Waals surface area contributed by atoms with E-state index in [1.54, 1.807) is 6.07 Å². The summed E-state index contributed by atoms with van der Waals surface area (Å²) in [6.45, 7) is 0. The fourth-order valence-corrected chi connectivity index (χ4v) is 1.76. The van der Waals surface area contributed by atoms with E-state index < -0.39 is 11.4 Å². The molecule has 82 valence electrons. The Bertz CT molecular complexity index is 388. The first-order chi connectivity index (χ1) is 7.06. The minimum Gasteiger partial charge on any atom is -0.494 e. The van der Waals surface area contributed by atoms with Crippen molar-refractivity contribution in [1.29, 1.82) is 0 Å². The van der Waals surface area contributed by atoms with Crippen LogP contribution in [0.5, 0.6) is 5.75 Å². The quantitative estimate of drug-likeness (QED) is 0.865. The SMILES string of the molecule is COc1ccc(Cl)c(CC2(O)CC2)c1F. The predicted octanol–water partition coefficient (Wildman–Crippen LogP) is 2.56. The first-order valence-electron chi connectivity index (χ1n) is 4.79. The van der Waals surface area contributed by atoms with Crippen LogP contribution in [0.2, 0.25) is 5.02 Å². The summed E-state index contributed by atoms with van der Waals surface area (Å²) < 4.78 is 18.6. The van der Waals surface area contributed by atoms with Crippen molar-refractivity contribution >= 4 is 11.6 Å². The van der Waals surface area contributed by atoms with Crippen LogP contribution in [0, 0.1) is 5.82 Å². The highest BCUT2D eigenvalue weighted by Crippen LogP contribution is 2.41. The first kappa shape index (κ1) is 10.7. The second-order valence-electron chi connectivity index (χ2n) is 3.94. The number of hydrogen-bond acceptors (Lipinski definition) is 2. The van der Waals surface area contributed by atoms with Crippen LogP contribution in [0.1, 0.15) is 18.4 Å². The lowest BCUT2D eigenvalue weighted by Crippen LogP contribution is -2.12. The van der Waals surface area contributed by atoms with Crippen molar-refractivity contribution in [2.75, 3.05) is 7.11 Å². The monoisotopic (exact) mass is 230 g/mol. The van der Waals surface area contributed by atoms with E-state index in [4.69, 9.17) is 16.3 Å². The van der Waals surface area contributed by atoms with E-state index in [2.05, 4.69) is 0 Å². The summed E-state index contributed by atoms with van der Waals surface area (Å²) >= 11 is 5.89. The molecule has 4 heteroatoms. The number of rotatable bonds is 3. The number of hydrogen-bond donors (Lipinski definition) is 1. The van der Waals surface area contributed by atoms with Gasteiger partial charge >= 0.3 is 0 Å². The van der Waals surface area contributed by atoms with Crippen LogP contribution in [0.25, 0.3) is 0 Å². The van der Waals surface area contributed by atoms with Crippen molar-refractivity contribution in [2.24, 2.45) is 0 Å². The lowest BCUT2D eigenvalue weighted by atomic mass is 10.1. The van der Waals surface area contributed by atoms with Crippen LogP contribution in [0.15, 0.2) is 12.1 Å². The van der Waals surface area contributed by atoms with Crippen LogP contribution in [0.4, 0.5) is 4.39 Å². The molecule has 0 heterocycles. The number of halogens is 2. The maximum Gasteiger partial charge on any atom is 0.169 e. The smallest absolute Gasteiger partial charge is 0.169 e. The van der Waals surface area contributed by atoms with Crippen LogP contribution in [0.3, 0.4) is 0 Å². The van der Waals surface area contributed by atoms with E-state index in [0.717, 1.165) is 0 Å². The van der Waals surface area contributed by atoms with Gasteiger partial charge in [-0.3, -0.25) is 0 Å². The third-order valence-electron chi connectivity index (χ3n) is 2.70. The van der Waals surface area contributed by atoms with Crippen molar-refractivity contribution in [3.05, 3.63) is 28.5 Å². The summed E-state index contributed by atoms with van der Waals surface area (Å²) in [5, 5.41) is 10.1. The normalized spacial score (nSPS) is 17.6. The maximum absolute atomic E-state index is 13.8. The molecule has 0 aromatic heterocycles. The largest absolute Gasteiger partial charge is 0.494 e. The molecule has 0 unspecified atom stereocenters. The topological polar surface area (TPSA) is 29.5 Å². The summed E-state index contributed by atoms with van der Waals surface area (Å²) in [5.41, 5.74) is -0.410. The molecule has 1 aliphatic carbocycles. The summed E-state index contributed by atoms with van der Waals surface area (Å²) in [6, 6.07) is 3.07. The highest BCUT2D eigenvalue weighted by molar-refractivity contribution is 6.31. The second-order valence-corrected chi connectivity index (χ2v) is 4.35. The Balaban J connectivity index is 2.35. The molecule has 0 spiro atoms. The summed E-state index contributed by atoms with van der Waals surface area (Å²) in [5.74, 6) is -0.302. The molecule has 0 aliphatic heterocycles. The van der Waals surface area contributed by atoms with Crippen molar-refractivity contribution in [2.45, 2.75) is 24.9 Å². The van der Waals surface area contributed by atoms with E-state index in [1.165, 1.54) is 13.2 Å². The highest BCUT2D eigenvalue weighted by Gasteiger charge is 2.41. The van der Waals surface area contributed by atoms with Crippen molar-refractivity contribution in [1.82, 2.24) is 0 Å². The van der Waals surface area contributed by atoms with E-state index in [-0.39, 0.29) is 12.2 Å². The fraction of sp³-hybridized carbons (Fsp3) is 0.455. The van der Waals surface area contributed by atoms with Crippen LogP contribution in [-0.2, 0) is 6.42 Å². The lowest BCUT2D eigenvalue weighted by molar-refractivity contribution is 0.149. The number of benzene rings is 1. The molecule has 2 rings (SSSR count). The van der Waals surface area contributed by atoms with Gasteiger partial charge in [-0.25, -0.2) is 4.39 Å². The minimum atomic E-state index is -0.753. The summed E-state index contributed by atoms with van der Waals surface area (Å²) in [6.07, 6.45) is 1.68. The van der Waals surface area contributed by atoms with Gasteiger partial charge in [0.25, 0.3) is 0 Å². The van der Waals surface area contributed by atoms with Crippen LogP contribution >= 0.6 is 11.6 Å². The number of ether oxygens (including phenoxy) is 1. The minimum absolute atomic E-state index is 0.165. The molecule has 1 aromatic rings. The molecule has 0 bridgehead atoms. The molecule has 1 aromatic carbocycles. The Morgan fingerprint density at radius 2 is 2.20 bits per heavy atom. The summed E-state index contributed by atoms with van der Waals surface area (Å²) in [4.78, 5) is 0. The molecule has 1 N–H and O–H groups in total. The average molecular weight is 231 g/mol. The van der Waals surface area contributed by atoms with Gasteiger partial charge in [0.05, 0.1) is 12.7 Å². The van der Waals surface area contributed by atoms with Gasteiger partial charge in [-0.15, -0.1) is 0 Å². The zero-order valence-corrected chi connectivity index (χ0v) is 9.14. The molecule has 15 heavy (non-hydrogen) atoms. The Labute approximate surface area is 92.6 Å². The fourth-order valence-electron chi connectivity index (χ4n) is 1.55. The van der Waals surface area contributed by atoms with Gasteiger partial charge in [-0.2, -0.15) is 0 Å². The molecular weight excluding hydrogens is 219 g/mol. The molecule has 2 nitrogen and oxygen atoms in total. The zero-order chi connectivity index (χ0) is 11.1. The Kier molecular flexibility index (Phi) is 2.61. The van der Waals surface area contributed by atoms with Crippen molar-refractivity contribution in [3.8, 4) is 5.75 Å². The Hall–Kier alpha value is -0.800. The standard InChI is InChI=1S/C11H12ClFO2/c1-15-9-3-2-8(12)7(10(9)13)6-11(14)4-5-11/h2-3,14H,4-6H2,1H3. The van der Waals surface area contributed by atoms with Crippen molar-refractivity contribution in [3.63, 3.8) is 0 Å². The van der Waals surface area contributed by atoms with E-state index in [9.17, 15) is 9.50 Å². The average Bonchev–Trinajstić information content (AvgIpc) is 2.92. The Morgan fingerprint density at radius 3 is 2.73 bits per heavy atom. The van der Waals surface area contributed by atoms with Gasteiger partial charge in [0, 0.05) is 17.0 Å². The van der Waals surface area contributed by atoms with E-state index in [1.807, 2.05) is 0 Å². The van der Waals surface area contributed by atoms with Gasteiger partial charge in [0.1, 0.15) is 0 Å². The number of methoxy groups -OCH3 is 1. The summed E-state index contributed by atoms with van der Waals surface area (Å²) in [7, 11) is 1.40. The molecule has 0 atom stereocenters. The maximum atomic E-state index is 13.8. The molecule has 0 radical (unpaired) electrons. The molecular formula is C11H12ClFO2. The van der Waals surface area contributed by atoms with Gasteiger partial charge < -0.3 is 9.84 Å².